The van der Waals surface area contributed by atoms with Gasteiger partial charge in [0.05, 0.1) is 82.6 Å². The number of hydrogen-bond acceptors (Lipinski definition) is 26. The second-order valence-corrected chi connectivity index (χ2v) is 37.9. The van der Waals surface area contributed by atoms with E-state index in [9.17, 15) is 63.8 Å². The minimum atomic E-state index is -6.12. The van der Waals surface area contributed by atoms with Crippen molar-refractivity contribution in [1.29, 1.82) is 0 Å². The summed E-state index contributed by atoms with van der Waals surface area (Å²) in [6, 6.07) is 33.0. The van der Waals surface area contributed by atoms with Gasteiger partial charge >= 0.3 is 31.7 Å². The second kappa shape index (κ2) is 49.5. The zero-order chi connectivity index (χ0) is 105. The number of nitrogens with one attached hydrogen (secondary N) is 4. The van der Waals surface area contributed by atoms with Gasteiger partial charge in [-0.25, -0.2) is 44.3 Å². The van der Waals surface area contributed by atoms with Crippen molar-refractivity contribution in [3.63, 3.8) is 0 Å². The predicted molar refractivity (Wildman–Crippen MR) is 539 cm³/mol. The lowest BCUT2D eigenvalue weighted by Crippen LogP contribution is -2.53. The molecule has 3 aliphatic carbocycles. The molecule has 2 atom stereocenters. The maximum absolute atomic E-state index is 13.3. The summed E-state index contributed by atoms with van der Waals surface area (Å²) in [6.07, 6.45) is 13.1. The van der Waals surface area contributed by atoms with E-state index in [2.05, 4.69) is 104 Å². The molecule has 0 radical (unpaired) electrons. The summed E-state index contributed by atoms with van der Waals surface area (Å²) in [7, 11) is 4.86. The average molecular weight is 2090 g/mol. The number of aryl methyl sites for hydroxylation is 1. The van der Waals surface area contributed by atoms with Gasteiger partial charge < -0.3 is 62.9 Å². The highest BCUT2D eigenvalue weighted by Gasteiger charge is 2.71. The Balaban J connectivity index is 0.000000151. The topological polar surface area (TPSA) is 366 Å². The number of aliphatic imine (C=N–C) groups is 3. The number of nitrogens with zero attached hydrogens (tertiary/aromatic N) is 17. The Morgan fingerprint density at radius 2 is 1.33 bits per heavy atom. The standard InChI is InChI=1S/C35H40N12S2.C24H17F10NO4.C23H31N5O2.C22H25N3O5/c1-3-15-46-32-27(41-29(43-32)23-5-6-23)20-40-34(46)48-21-49-35-45-31(28-33(47(35)16-4-2)44-30(42-28)24-7-8-24)39-18-25-11-14-37-19-26(25)38-17-22-9-12-36-13-10-22;25-20(26)38-18-6-3-15(12-19(18)39-21(27)28)17(11-13-7-9-35(37)10-8-13)14-1-4-16(5-2-14)22(36,23(29,30)31)24(32,33)34;1-5-24-22-20-23(27-21(26-20)15(2)3)28(14-25-22)13-16-10-11-18(29-4)19(12-16)30-17-8-6-7-9-17;1-4-30-22(27)23-17-8-5-15(6-9-17)14-25-21(26)12-10-18(24-25)16-7-11-19(28-2)20(13-16)29-3/h9-14,19-20,23-24,38H,3-8,15-18,21H2,1-2H3,(H,42,44);1-10,12,17,20-21,36H,11H2;10-12,14-15,17,20H,5-9,13H2,1-4H3;5-9,11,13H,4,10,12,14H2,1-3H3,(H,23,27)/p+1. The fourth-order valence-corrected chi connectivity index (χ4v) is 19.0. The maximum atomic E-state index is 13.3. The summed E-state index contributed by atoms with van der Waals surface area (Å²) in [6.45, 7) is 10.4. The number of benzene rings is 5. The number of carbonyl (C=O) groups excluding carboxylic acids is 2. The van der Waals surface area contributed by atoms with Gasteiger partial charge in [-0.3, -0.25) is 35.4 Å². The van der Waals surface area contributed by atoms with Crippen LogP contribution in [0.3, 0.4) is 0 Å². The molecule has 32 nitrogen and oxygen atoms in total. The van der Waals surface area contributed by atoms with Crippen LogP contribution >= 0.6 is 23.5 Å². The molecular formula is C104H114F10N21O11S2+. The number of halogens is 10. The molecule has 0 spiro atoms. The molecule has 3 fully saturated rings. The van der Waals surface area contributed by atoms with Crippen LogP contribution in [0.1, 0.15) is 198 Å². The number of carbonyl (C=O) groups is 2. The molecule has 0 bridgehead atoms. The Kier molecular flexibility index (Phi) is 36.1. The first-order valence-corrected chi connectivity index (χ1v) is 50.6. The van der Waals surface area contributed by atoms with E-state index < -0.39 is 60.3 Å². The molecule has 0 saturated heterocycles. The van der Waals surface area contributed by atoms with Crippen molar-refractivity contribution >= 4 is 87.6 Å². The van der Waals surface area contributed by atoms with Gasteiger partial charge in [0.2, 0.25) is 17.8 Å². The van der Waals surface area contributed by atoms with Crippen LogP contribution in [-0.2, 0) is 60.8 Å². The third kappa shape index (κ3) is 27.2. The van der Waals surface area contributed by atoms with Gasteiger partial charge in [-0.15, -0.1) is 0 Å². The zero-order valence-corrected chi connectivity index (χ0v) is 84.4. The summed E-state index contributed by atoms with van der Waals surface area (Å²) in [4.78, 5) is 80.3. The van der Waals surface area contributed by atoms with Gasteiger partial charge in [-0.1, -0.05) is 105 Å². The quantitative estimate of drug-likeness (QED) is 0.00599. The van der Waals surface area contributed by atoms with Crippen LogP contribution in [0.4, 0.5) is 60.1 Å². The lowest BCUT2D eigenvalue weighted by molar-refractivity contribution is -0.605. The number of aliphatic hydroxyl groups is 1. The molecule has 18 rings (SSSR count). The molecule has 5 aromatic carbocycles. The number of fused-ring (bicyclic) bond motifs is 3. The van der Waals surface area contributed by atoms with Crippen LogP contribution in [-0.4, -0.2) is 183 Å². The van der Waals surface area contributed by atoms with Crippen LogP contribution in [0.5, 0.6) is 34.5 Å². The van der Waals surface area contributed by atoms with E-state index in [1.165, 1.54) is 55.7 Å². The number of ether oxygens (including phenoxy) is 7. The monoisotopic (exact) mass is 2090 g/mol. The lowest BCUT2D eigenvalue weighted by atomic mass is 9.84. The Hall–Kier alpha value is -14.3. The average Bonchev–Trinajstić information content (AvgIpc) is 0.969. The van der Waals surface area contributed by atoms with E-state index in [0.717, 1.165) is 199 Å². The zero-order valence-electron chi connectivity index (χ0n) is 82.7. The van der Waals surface area contributed by atoms with Crippen LogP contribution < -0.4 is 54.6 Å². The van der Waals surface area contributed by atoms with Gasteiger partial charge in [-0.05, 0) is 196 Å². The minimum Gasteiger partial charge on any atom is -0.619 e. The Morgan fingerprint density at radius 3 is 2.00 bits per heavy atom. The molecule has 44 heteroatoms. The summed E-state index contributed by atoms with van der Waals surface area (Å²) < 4.78 is 174. The number of rotatable bonds is 38. The largest absolute Gasteiger partial charge is 0.619 e. The van der Waals surface area contributed by atoms with E-state index in [1.807, 2.05) is 98.8 Å². The molecule has 5 aliphatic heterocycles. The van der Waals surface area contributed by atoms with Crippen LogP contribution in [0.25, 0.3) is 22.7 Å². The number of amidine groups is 3. The van der Waals surface area contributed by atoms with Gasteiger partial charge in [0.15, 0.2) is 86.3 Å². The number of methoxy groups -OCH3 is 3. The number of hydrazone groups is 1. The summed E-state index contributed by atoms with van der Waals surface area (Å²) >= 11 is 3.43. The molecule has 2 unspecified atom stereocenters. The fraction of sp³-hybridized carbons (Fsp3) is 0.404. The molecule has 8 aliphatic rings. The highest BCUT2D eigenvalue weighted by Crippen LogP contribution is 2.51. The molecule has 2 amide bonds. The van der Waals surface area contributed by atoms with Crippen LogP contribution in [0, 0.1) is 11.1 Å². The number of amides is 2. The first-order valence-electron chi connectivity index (χ1n) is 48.6. The number of alkyl halides is 10. The molecule has 782 valence electrons. The van der Waals surface area contributed by atoms with Crippen molar-refractivity contribution < 1.29 is 101 Å². The Morgan fingerprint density at radius 1 is 0.669 bits per heavy atom. The van der Waals surface area contributed by atoms with Crippen molar-refractivity contribution in [3.8, 4) is 46.0 Å². The third-order valence-electron chi connectivity index (χ3n) is 24.8. The van der Waals surface area contributed by atoms with E-state index in [0.29, 0.717) is 109 Å². The first kappa shape index (κ1) is 108. The summed E-state index contributed by atoms with van der Waals surface area (Å²) in [5.41, 5.74) is 4.77. The van der Waals surface area contributed by atoms with Crippen molar-refractivity contribution in [3.05, 3.63) is 249 Å². The van der Waals surface area contributed by atoms with Crippen molar-refractivity contribution in [1.82, 2.24) is 59.3 Å². The Bertz CT molecular complexity index is 6770. The van der Waals surface area contributed by atoms with Crippen molar-refractivity contribution in [2.75, 3.05) is 50.2 Å². The van der Waals surface area contributed by atoms with E-state index in [4.69, 9.17) is 63.6 Å². The molecule has 10 heterocycles. The van der Waals surface area contributed by atoms with Crippen LogP contribution in [0.15, 0.2) is 212 Å². The normalized spacial score (nSPS) is 15.9. The number of hydrogen-bond donors (Lipinski definition) is 5. The van der Waals surface area contributed by atoms with E-state index in [1.54, 1.807) is 63.9 Å². The number of anilines is 2. The van der Waals surface area contributed by atoms with Gasteiger partial charge in [0, 0.05) is 110 Å². The molecule has 5 aromatic heterocycles. The van der Waals surface area contributed by atoms with Gasteiger partial charge in [0.25, 0.3) is 11.4 Å². The Labute approximate surface area is 855 Å². The number of thioether (sulfide) groups is 2. The van der Waals surface area contributed by atoms with Crippen molar-refractivity contribution in [2.45, 2.75) is 236 Å². The second-order valence-electron chi connectivity index (χ2n) is 35.7. The van der Waals surface area contributed by atoms with E-state index >= 15 is 0 Å². The number of aromatic amines is 1. The maximum Gasteiger partial charge on any atom is 0.430 e. The SMILES string of the molecule is CCCn1c(SCSc2nc(=NCc3ccncc3NCc3ccncc3)c3[nH]c(C4CC4)nc3n2CCC)ncc2nc(C3CC3)nc1-2.CCN=C1NC=[N+](Cc2ccc(OC)c(OC3CCCC3)c2)C2=NC(C(C)C)=NC12.CCOC(=O)Nc1ccc(CN2N=C(c3ccc(OC)c(OC)c3)CCC2=O)cc1.[O-][n+]1ccc(CC(c2ccc(C(O)(C(F)(F)F)C(F)(F)F)cc2)c2ccc(OC(F)F)c(OC(F)F)c2)cc1. The number of H-pyrrole nitrogens is 1. The van der Waals surface area contributed by atoms with Gasteiger partial charge in [0.1, 0.15) is 22.9 Å². The number of pyridine rings is 3. The molecule has 5 N–H and O–H groups in total. The fourth-order valence-electron chi connectivity index (χ4n) is 16.9. The van der Waals surface area contributed by atoms with E-state index in [-0.39, 0.29) is 41.5 Å². The van der Waals surface area contributed by atoms with Gasteiger partial charge in [-0.2, -0.15) is 53.7 Å². The summed E-state index contributed by atoms with van der Waals surface area (Å²) in [5, 5.41) is 39.1. The molecular weight excluding hydrogens is 1970 g/mol. The first-order chi connectivity index (χ1) is 71.3. The third-order valence-corrected chi connectivity index (χ3v) is 26.9. The highest BCUT2D eigenvalue weighted by molar-refractivity contribution is 8.15. The molecule has 148 heavy (non-hydrogen) atoms. The number of imidazole rings is 2. The predicted octanol–water partition coefficient (Wildman–Crippen LogP) is 20.2. The number of aromatic nitrogens is 11. The van der Waals surface area contributed by atoms with Crippen LogP contribution in [0.2, 0.25) is 0 Å². The lowest BCUT2D eigenvalue weighted by Gasteiger charge is -2.33. The van der Waals surface area contributed by atoms with Crippen molar-refractivity contribution in [2.24, 2.45) is 31.0 Å². The summed E-state index contributed by atoms with van der Waals surface area (Å²) in [5.74, 6) is 7.18. The smallest absolute Gasteiger partial charge is 0.430 e. The molecule has 3 saturated carbocycles. The molecule has 10 aromatic rings. The minimum absolute atomic E-state index is 0.0343. The highest BCUT2D eigenvalue weighted by atomic mass is 32.2.